The van der Waals surface area contributed by atoms with Crippen LogP contribution in [0, 0.1) is 5.82 Å². The smallest absolute Gasteiger partial charge is 0.230 e. The summed E-state index contributed by atoms with van der Waals surface area (Å²) in [4.78, 5) is 13.4. The van der Waals surface area contributed by atoms with Gasteiger partial charge in [0.05, 0.1) is 11.9 Å². The Morgan fingerprint density at radius 2 is 2.10 bits per heavy atom. The number of rotatable bonds is 7. The van der Waals surface area contributed by atoms with Gasteiger partial charge in [-0.15, -0.1) is 23.1 Å². The molecule has 0 aliphatic carbocycles. The van der Waals surface area contributed by atoms with E-state index in [2.05, 4.69) is 5.32 Å². The van der Waals surface area contributed by atoms with E-state index in [1.165, 1.54) is 35.2 Å². The zero-order chi connectivity index (χ0) is 15.1. The number of amides is 1. The monoisotopic (exact) mass is 325 g/mol. The van der Waals surface area contributed by atoms with Crippen molar-refractivity contribution in [2.45, 2.75) is 17.4 Å². The fourth-order valence-corrected chi connectivity index (χ4v) is 3.18. The quantitative estimate of drug-likeness (QED) is 0.769. The molecular formula is C15H16FNO2S2. The number of hydrogen-bond donors (Lipinski definition) is 2. The SMILES string of the molecule is O=C(CSc1ccc(F)cc1)NCCC(O)c1cccs1. The molecule has 112 valence electrons. The molecule has 1 amide bonds. The standard InChI is InChI=1S/C15H16FNO2S2/c16-11-3-5-12(6-4-11)21-10-15(19)17-8-7-13(18)14-2-1-9-20-14/h1-6,9,13,18H,7-8,10H2,(H,17,19). The van der Waals surface area contributed by atoms with E-state index in [0.29, 0.717) is 13.0 Å². The Morgan fingerprint density at radius 1 is 1.33 bits per heavy atom. The van der Waals surface area contributed by atoms with E-state index < -0.39 is 6.10 Å². The number of hydrogen-bond acceptors (Lipinski definition) is 4. The van der Waals surface area contributed by atoms with Crippen molar-refractivity contribution in [1.29, 1.82) is 0 Å². The van der Waals surface area contributed by atoms with Gasteiger partial charge in [0.1, 0.15) is 5.82 Å². The third kappa shape index (κ3) is 5.49. The average Bonchev–Trinajstić information content (AvgIpc) is 3.01. The number of halogens is 1. The molecule has 0 spiro atoms. The molecule has 1 atom stereocenters. The van der Waals surface area contributed by atoms with Crippen molar-refractivity contribution in [3.63, 3.8) is 0 Å². The summed E-state index contributed by atoms with van der Waals surface area (Å²) in [6, 6.07) is 9.81. The minimum Gasteiger partial charge on any atom is -0.388 e. The van der Waals surface area contributed by atoms with Crippen molar-refractivity contribution in [3.05, 3.63) is 52.5 Å². The molecule has 1 heterocycles. The van der Waals surface area contributed by atoms with Gasteiger partial charge in [0, 0.05) is 16.3 Å². The zero-order valence-electron chi connectivity index (χ0n) is 11.3. The molecule has 0 saturated heterocycles. The number of benzene rings is 1. The summed E-state index contributed by atoms with van der Waals surface area (Å²) in [5, 5.41) is 14.6. The Hall–Kier alpha value is -1.37. The molecular weight excluding hydrogens is 309 g/mol. The second-order valence-corrected chi connectivity index (χ2v) is 6.44. The van der Waals surface area contributed by atoms with Crippen LogP contribution in [0.3, 0.4) is 0 Å². The molecule has 3 nitrogen and oxygen atoms in total. The first-order chi connectivity index (χ1) is 10.1. The number of thioether (sulfide) groups is 1. The van der Waals surface area contributed by atoms with Crippen molar-refractivity contribution >= 4 is 29.0 Å². The lowest BCUT2D eigenvalue weighted by atomic mass is 10.2. The molecule has 0 bridgehead atoms. The number of aliphatic hydroxyl groups excluding tert-OH is 1. The molecule has 0 aliphatic heterocycles. The topological polar surface area (TPSA) is 49.3 Å². The van der Waals surface area contributed by atoms with E-state index in [1.54, 1.807) is 12.1 Å². The first-order valence-electron chi connectivity index (χ1n) is 6.51. The minimum atomic E-state index is -0.532. The molecule has 2 N–H and O–H groups in total. The minimum absolute atomic E-state index is 0.0947. The Bertz CT molecular complexity index is 558. The van der Waals surface area contributed by atoms with Crippen LogP contribution < -0.4 is 5.32 Å². The number of nitrogens with one attached hydrogen (secondary N) is 1. The molecule has 1 unspecified atom stereocenters. The van der Waals surface area contributed by atoms with Crippen LogP contribution in [0.2, 0.25) is 0 Å². The summed E-state index contributed by atoms with van der Waals surface area (Å²) in [5.74, 6) is -0.102. The first-order valence-corrected chi connectivity index (χ1v) is 8.38. The molecule has 0 saturated carbocycles. The van der Waals surface area contributed by atoms with E-state index in [0.717, 1.165) is 9.77 Å². The number of carbonyl (C=O) groups is 1. The van der Waals surface area contributed by atoms with Gasteiger partial charge in [-0.25, -0.2) is 4.39 Å². The molecule has 1 aromatic carbocycles. The molecule has 2 aromatic rings. The fourth-order valence-electron chi connectivity index (χ4n) is 1.70. The van der Waals surface area contributed by atoms with Crippen molar-refractivity contribution in [2.24, 2.45) is 0 Å². The van der Waals surface area contributed by atoms with E-state index >= 15 is 0 Å². The van der Waals surface area contributed by atoms with Crippen molar-refractivity contribution in [3.8, 4) is 0 Å². The van der Waals surface area contributed by atoms with E-state index in [9.17, 15) is 14.3 Å². The highest BCUT2D eigenvalue weighted by molar-refractivity contribution is 8.00. The van der Waals surface area contributed by atoms with Gasteiger partial charge in [0.2, 0.25) is 5.91 Å². The van der Waals surface area contributed by atoms with Crippen LogP contribution in [0.4, 0.5) is 4.39 Å². The maximum Gasteiger partial charge on any atom is 0.230 e. The molecule has 0 aliphatic rings. The van der Waals surface area contributed by atoms with Gasteiger partial charge in [0.25, 0.3) is 0 Å². The number of thiophene rings is 1. The van der Waals surface area contributed by atoms with Crippen LogP contribution in [0.1, 0.15) is 17.4 Å². The van der Waals surface area contributed by atoms with Gasteiger partial charge in [-0.1, -0.05) is 6.07 Å². The summed E-state index contributed by atoms with van der Waals surface area (Å²) >= 11 is 2.86. The Kier molecular flexibility index (Phi) is 6.22. The lowest BCUT2D eigenvalue weighted by molar-refractivity contribution is -0.118. The van der Waals surface area contributed by atoms with Crippen LogP contribution in [0.25, 0.3) is 0 Å². The number of aliphatic hydroxyl groups is 1. The third-order valence-corrected chi connectivity index (χ3v) is 4.78. The summed E-state index contributed by atoms with van der Waals surface area (Å²) in [7, 11) is 0. The Morgan fingerprint density at radius 3 is 2.76 bits per heavy atom. The van der Waals surface area contributed by atoms with Crippen LogP contribution >= 0.6 is 23.1 Å². The predicted molar refractivity (Wildman–Crippen MR) is 84.0 cm³/mol. The summed E-state index contributed by atoms with van der Waals surface area (Å²) in [5.41, 5.74) is 0. The summed E-state index contributed by atoms with van der Waals surface area (Å²) < 4.78 is 12.7. The predicted octanol–water partition coefficient (Wildman–Crippen LogP) is 3.22. The Labute approximate surface area is 131 Å². The lowest BCUT2D eigenvalue weighted by Crippen LogP contribution is -2.27. The zero-order valence-corrected chi connectivity index (χ0v) is 12.9. The molecule has 0 radical (unpaired) electrons. The van der Waals surface area contributed by atoms with Gasteiger partial charge in [0.15, 0.2) is 0 Å². The average molecular weight is 325 g/mol. The molecule has 21 heavy (non-hydrogen) atoms. The van der Waals surface area contributed by atoms with Gasteiger partial charge < -0.3 is 10.4 Å². The molecule has 1 aromatic heterocycles. The third-order valence-electron chi connectivity index (χ3n) is 2.80. The van der Waals surface area contributed by atoms with Gasteiger partial charge >= 0.3 is 0 Å². The highest BCUT2D eigenvalue weighted by Crippen LogP contribution is 2.21. The Balaban J connectivity index is 1.64. The van der Waals surface area contributed by atoms with E-state index in [4.69, 9.17) is 0 Å². The van der Waals surface area contributed by atoms with Crippen LogP contribution in [0.15, 0.2) is 46.7 Å². The first kappa shape index (κ1) is 16.0. The maximum absolute atomic E-state index is 12.7. The molecule has 0 fully saturated rings. The van der Waals surface area contributed by atoms with Gasteiger partial charge in [-0.3, -0.25) is 4.79 Å². The second kappa shape index (κ2) is 8.17. The van der Waals surface area contributed by atoms with Crippen LogP contribution in [0.5, 0.6) is 0 Å². The summed E-state index contributed by atoms with van der Waals surface area (Å²) in [6.07, 6.45) is -0.0388. The largest absolute Gasteiger partial charge is 0.388 e. The lowest BCUT2D eigenvalue weighted by Gasteiger charge is -2.09. The molecule has 2 rings (SSSR count). The van der Waals surface area contributed by atoms with Crippen molar-refractivity contribution in [2.75, 3.05) is 12.3 Å². The normalized spacial score (nSPS) is 12.1. The summed E-state index contributed by atoms with van der Waals surface area (Å²) in [6.45, 7) is 0.432. The highest BCUT2D eigenvalue weighted by atomic mass is 32.2. The van der Waals surface area contributed by atoms with Gasteiger partial charge in [-0.2, -0.15) is 0 Å². The van der Waals surface area contributed by atoms with Crippen molar-refractivity contribution in [1.82, 2.24) is 5.32 Å². The fraction of sp³-hybridized carbons (Fsp3) is 0.267. The van der Waals surface area contributed by atoms with E-state index in [-0.39, 0.29) is 17.5 Å². The highest BCUT2D eigenvalue weighted by Gasteiger charge is 2.09. The van der Waals surface area contributed by atoms with Gasteiger partial charge in [-0.05, 0) is 42.1 Å². The van der Waals surface area contributed by atoms with Crippen LogP contribution in [-0.4, -0.2) is 23.3 Å². The maximum atomic E-state index is 12.7. The second-order valence-electron chi connectivity index (χ2n) is 4.41. The molecule has 6 heteroatoms. The van der Waals surface area contributed by atoms with Crippen molar-refractivity contribution < 1.29 is 14.3 Å². The number of carbonyl (C=O) groups excluding carboxylic acids is 1. The van der Waals surface area contributed by atoms with Crippen LogP contribution in [-0.2, 0) is 4.79 Å². The van der Waals surface area contributed by atoms with E-state index in [1.807, 2.05) is 17.5 Å².